The lowest BCUT2D eigenvalue weighted by molar-refractivity contribution is -0.146. The first-order chi connectivity index (χ1) is 16.5. The monoisotopic (exact) mass is 518 g/mol. The molecule has 3 amide bonds. The predicted octanol–water partition coefficient (Wildman–Crippen LogP) is 4.61. The Morgan fingerprint density at radius 1 is 1.03 bits per heavy atom. The normalized spacial score (nSPS) is 31.3. The largest absolute Gasteiger partial charge is 0.324 e. The standard InChI is InChI=1S/C28H27BrN2O3/c1-2-16-13-17(29)8-11-22(16)30-26(32)23(12-15-6-4-3-5-7-15)31-27(33)24-18-9-10-19(21-14-20(18)21)25(24)28(31)34/h3-11,13,18-21,23-25H,2,12,14H2,1H3,(H,30,32)/t18-,19-,20-,21+,23-,24+,25+/m0/s1. The van der Waals surface area contributed by atoms with Crippen LogP contribution in [0.5, 0.6) is 0 Å². The summed E-state index contributed by atoms with van der Waals surface area (Å²) in [6, 6.07) is 14.5. The summed E-state index contributed by atoms with van der Waals surface area (Å²) in [5.41, 5.74) is 2.64. The van der Waals surface area contributed by atoms with Gasteiger partial charge in [-0.15, -0.1) is 0 Å². The zero-order valence-electron chi connectivity index (χ0n) is 19.0. The number of carbonyl (C=O) groups is 3. The smallest absolute Gasteiger partial charge is 0.248 e. The number of likely N-dealkylation sites (tertiary alicyclic amines) is 1. The van der Waals surface area contributed by atoms with E-state index in [4.69, 9.17) is 0 Å². The van der Waals surface area contributed by atoms with Crippen molar-refractivity contribution < 1.29 is 14.4 Å². The summed E-state index contributed by atoms with van der Waals surface area (Å²) in [6.07, 6.45) is 6.50. The molecular weight excluding hydrogens is 492 g/mol. The van der Waals surface area contributed by atoms with E-state index in [2.05, 4.69) is 33.4 Å². The molecule has 4 aliphatic carbocycles. The van der Waals surface area contributed by atoms with E-state index < -0.39 is 6.04 Å². The lowest BCUT2D eigenvalue weighted by Crippen LogP contribution is -2.49. The topological polar surface area (TPSA) is 66.5 Å². The molecule has 5 aliphatic rings. The van der Waals surface area contributed by atoms with Crippen LogP contribution in [0.15, 0.2) is 65.2 Å². The molecule has 2 saturated carbocycles. The van der Waals surface area contributed by atoms with Crippen LogP contribution in [-0.2, 0) is 27.2 Å². The van der Waals surface area contributed by atoms with Crippen LogP contribution in [0.25, 0.3) is 0 Å². The lowest BCUT2D eigenvalue weighted by Gasteiger charge is -2.37. The minimum Gasteiger partial charge on any atom is -0.324 e. The van der Waals surface area contributed by atoms with Crippen molar-refractivity contribution in [3.05, 3.63) is 76.3 Å². The Morgan fingerprint density at radius 2 is 1.68 bits per heavy atom. The van der Waals surface area contributed by atoms with Gasteiger partial charge in [-0.2, -0.15) is 0 Å². The molecule has 34 heavy (non-hydrogen) atoms. The molecule has 1 saturated heterocycles. The summed E-state index contributed by atoms with van der Waals surface area (Å²) < 4.78 is 0.943. The molecule has 2 aromatic rings. The summed E-state index contributed by atoms with van der Waals surface area (Å²) in [5, 5.41) is 3.04. The second-order valence-corrected chi connectivity index (χ2v) is 11.0. The maximum atomic E-state index is 13.7. The molecule has 1 heterocycles. The van der Waals surface area contributed by atoms with Gasteiger partial charge in [-0.3, -0.25) is 19.3 Å². The van der Waals surface area contributed by atoms with E-state index in [0.29, 0.717) is 23.9 Å². The van der Waals surface area contributed by atoms with Crippen LogP contribution < -0.4 is 5.32 Å². The van der Waals surface area contributed by atoms with Gasteiger partial charge in [0, 0.05) is 16.6 Å². The summed E-state index contributed by atoms with van der Waals surface area (Å²) in [5.74, 6) is 0.0808. The number of hydrogen-bond donors (Lipinski definition) is 1. The summed E-state index contributed by atoms with van der Waals surface area (Å²) in [7, 11) is 0. The molecule has 2 aromatic carbocycles. The number of halogens is 1. The van der Waals surface area contributed by atoms with Gasteiger partial charge in [-0.05, 0) is 65.8 Å². The Hall–Kier alpha value is -2.73. The van der Waals surface area contributed by atoms with E-state index in [1.807, 2.05) is 55.5 Å². The number of allylic oxidation sites excluding steroid dienone is 2. The van der Waals surface area contributed by atoms with E-state index >= 15 is 0 Å². The fourth-order valence-corrected chi connectivity index (χ4v) is 7.03. The second kappa shape index (κ2) is 8.19. The average Bonchev–Trinajstić information content (AvgIpc) is 3.63. The molecule has 0 radical (unpaired) electrons. The van der Waals surface area contributed by atoms with E-state index in [0.717, 1.165) is 28.4 Å². The van der Waals surface area contributed by atoms with Crippen LogP contribution in [-0.4, -0.2) is 28.7 Å². The van der Waals surface area contributed by atoms with Crippen LogP contribution in [0.3, 0.4) is 0 Å². The highest BCUT2D eigenvalue weighted by Crippen LogP contribution is 2.65. The molecule has 0 spiro atoms. The number of benzene rings is 2. The number of anilines is 1. The average molecular weight is 519 g/mol. The summed E-state index contributed by atoms with van der Waals surface area (Å²) >= 11 is 3.49. The number of carbonyl (C=O) groups excluding carboxylic acids is 3. The molecule has 1 N–H and O–H groups in total. The predicted molar refractivity (Wildman–Crippen MR) is 133 cm³/mol. The first kappa shape index (κ1) is 21.8. The summed E-state index contributed by atoms with van der Waals surface area (Å²) in [6.45, 7) is 2.03. The van der Waals surface area contributed by atoms with Crippen molar-refractivity contribution in [1.82, 2.24) is 4.90 Å². The van der Waals surface area contributed by atoms with E-state index in [1.165, 1.54) is 4.90 Å². The van der Waals surface area contributed by atoms with Crippen LogP contribution in [0.1, 0.15) is 24.5 Å². The Balaban J connectivity index is 1.34. The fourth-order valence-electron chi connectivity index (χ4n) is 6.62. The Kier molecular flexibility index (Phi) is 5.25. The third-order valence-electron chi connectivity index (χ3n) is 8.29. The SMILES string of the molecule is CCc1cc(Br)ccc1NC(=O)[C@H](Cc1ccccc1)N1C(=O)[C@@H]2[C@H]3C=C[C@@H]([C@@H]4C[C@H]34)[C@H]2C1=O. The number of nitrogens with zero attached hydrogens (tertiary/aromatic N) is 1. The number of nitrogens with one attached hydrogen (secondary N) is 1. The lowest BCUT2D eigenvalue weighted by atomic mass is 9.63. The Morgan fingerprint density at radius 3 is 2.29 bits per heavy atom. The van der Waals surface area contributed by atoms with Crippen molar-refractivity contribution in [3.8, 4) is 0 Å². The van der Waals surface area contributed by atoms with Gasteiger partial charge in [-0.1, -0.05) is 65.3 Å². The van der Waals surface area contributed by atoms with E-state index in [1.54, 1.807) is 0 Å². The highest BCUT2D eigenvalue weighted by molar-refractivity contribution is 9.10. The number of aryl methyl sites for hydroxylation is 1. The van der Waals surface area contributed by atoms with Crippen molar-refractivity contribution >= 4 is 39.3 Å². The molecule has 2 bridgehead atoms. The van der Waals surface area contributed by atoms with Crippen molar-refractivity contribution in [1.29, 1.82) is 0 Å². The number of amides is 3. The zero-order valence-corrected chi connectivity index (χ0v) is 20.6. The van der Waals surface area contributed by atoms with Crippen molar-refractivity contribution in [2.75, 3.05) is 5.32 Å². The third kappa shape index (κ3) is 3.37. The van der Waals surface area contributed by atoms with Crippen molar-refractivity contribution in [2.45, 2.75) is 32.2 Å². The molecule has 6 heteroatoms. The highest BCUT2D eigenvalue weighted by atomic mass is 79.9. The Bertz CT molecular complexity index is 1170. The molecule has 174 valence electrons. The van der Waals surface area contributed by atoms with Crippen LogP contribution in [0.4, 0.5) is 5.69 Å². The van der Waals surface area contributed by atoms with Gasteiger partial charge in [0.1, 0.15) is 6.04 Å². The van der Waals surface area contributed by atoms with Gasteiger partial charge >= 0.3 is 0 Å². The zero-order chi connectivity index (χ0) is 23.6. The molecule has 0 unspecified atom stereocenters. The highest BCUT2D eigenvalue weighted by Gasteiger charge is 2.67. The van der Waals surface area contributed by atoms with Gasteiger partial charge in [0.25, 0.3) is 0 Å². The minimum absolute atomic E-state index is 0.139. The molecule has 7 rings (SSSR count). The second-order valence-electron chi connectivity index (χ2n) is 10.1. The maximum absolute atomic E-state index is 13.7. The van der Waals surface area contributed by atoms with Crippen LogP contribution in [0, 0.1) is 35.5 Å². The molecule has 1 aliphatic heterocycles. The number of imide groups is 1. The molecule has 7 atom stereocenters. The molecule has 0 aromatic heterocycles. The maximum Gasteiger partial charge on any atom is 0.248 e. The first-order valence-corrected chi connectivity index (χ1v) is 13.0. The van der Waals surface area contributed by atoms with Gasteiger partial charge < -0.3 is 5.32 Å². The minimum atomic E-state index is -0.878. The molecule has 5 nitrogen and oxygen atoms in total. The quantitative estimate of drug-likeness (QED) is 0.448. The van der Waals surface area contributed by atoms with Crippen molar-refractivity contribution in [3.63, 3.8) is 0 Å². The number of rotatable bonds is 6. The van der Waals surface area contributed by atoms with Crippen molar-refractivity contribution in [2.24, 2.45) is 35.5 Å². The third-order valence-corrected chi connectivity index (χ3v) is 8.78. The summed E-state index contributed by atoms with van der Waals surface area (Å²) in [4.78, 5) is 42.5. The van der Waals surface area contributed by atoms with Gasteiger partial charge in [-0.25, -0.2) is 0 Å². The van der Waals surface area contributed by atoms with E-state index in [-0.39, 0.29) is 41.4 Å². The molecular formula is C28H27BrN2O3. The van der Waals surface area contributed by atoms with Crippen LogP contribution >= 0.6 is 15.9 Å². The Labute approximate surface area is 207 Å². The molecule has 3 fully saturated rings. The van der Waals surface area contributed by atoms with Gasteiger partial charge in [0.2, 0.25) is 17.7 Å². The van der Waals surface area contributed by atoms with Crippen LogP contribution in [0.2, 0.25) is 0 Å². The first-order valence-electron chi connectivity index (χ1n) is 12.2. The van der Waals surface area contributed by atoms with Gasteiger partial charge in [0.05, 0.1) is 11.8 Å². The van der Waals surface area contributed by atoms with E-state index in [9.17, 15) is 14.4 Å². The number of hydrogen-bond acceptors (Lipinski definition) is 3. The fraction of sp³-hybridized carbons (Fsp3) is 0.393. The van der Waals surface area contributed by atoms with Gasteiger partial charge in [0.15, 0.2) is 0 Å².